The lowest BCUT2D eigenvalue weighted by Crippen LogP contribution is -2.41. The number of carbonyl (C=O) groups excluding carboxylic acids is 1. The summed E-state index contributed by atoms with van der Waals surface area (Å²) in [7, 11) is -4.40. The van der Waals surface area contributed by atoms with Crippen LogP contribution < -0.4 is 9.62 Å². The van der Waals surface area contributed by atoms with Crippen LogP contribution in [-0.2, 0) is 26.7 Å². The summed E-state index contributed by atoms with van der Waals surface area (Å²) in [6.07, 6.45) is -4.84. The van der Waals surface area contributed by atoms with Gasteiger partial charge in [-0.1, -0.05) is 47.5 Å². The first-order chi connectivity index (χ1) is 17.4. The molecule has 3 rings (SSSR count). The fraction of sp³-hybridized carbons (Fsp3) is 0.208. The van der Waals surface area contributed by atoms with E-state index in [1.54, 1.807) is 12.1 Å². The Kier molecular flexibility index (Phi) is 9.74. The van der Waals surface area contributed by atoms with Crippen molar-refractivity contribution in [1.82, 2.24) is 5.32 Å². The molecule has 13 heteroatoms. The van der Waals surface area contributed by atoms with Gasteiger partial charge in [0, 0.05) is 28.6 Å². The number of hydrogen-bond acceptors (Lipinski definition) is 4. The van der Waals surface area contributed by atoms with E-state index in [4.69, 9.17) is 23.2 Å². The highest BCUT2D eigenvalue weighted by Crippen LogP contribution is 2.38. The molecule has 0 spiro atoms. The zero-order valence-corrected chi connectivity index (χ0v) is 22.1. The molecule has 0 aromatic heterocycles. The first-order valence-corrected chi connectivity index (χ1v) is 14.0. The molecule has 0 aliphatic carbocycles. The number of alkyl halides is 3. The first kappa shape index (κ1) is 29.1. The van der Waals surface area contributed by atoms with Crippen LogP contribution in [-0.4, -0.2) is 33.2 Å². The van der Waals surface area contributed by atoms with Gasteiger partial charge in [-0.3, -0.25) is 9.10 Å². The predicted molar refractivity (Wildman–Crippen MR) is 138 cm³/mol. The Morgan fingerprint density at radius 3 is 2.32 bits per heavy atom. The summed E-state index contributed by atoms with van der Waals surface area (Å²) < 4.78 is 81.3. The molecule has 0 bridgehead atoms. The van der Waals surface area contributed by atoms with Crippen molar-refractivity contribution < 1.29 is 30.8 Å². The number of halogens is 6. The van der Waals surface area contributed by atoms with Crippen molar-refractivity contribution in [2.45, 2.75) is 16.8 Å². The molecule has 0 fully saturated rings. The predicted octanol–water partition coefficient (Wildman–Crippen LogP) is 6.40. The third-order valence-electron chi connectivity index (χ3n) is 5.04. The van der Waals surface area contributed by atoms with Crippen LogP contribution in [0.15, 0.2) is 71.6 Å². The van der Waals surface area contributed by atoms with E-state index in [9.17, 15) is 30.8 Å². The SMILES string of the molecule is O=C(CN(c1ccc(Cl)c(C(F)(F)F)c1)S(=O)(=O)c1ccccc1)NCCSCc1c(F)cccc1Cl. The molecule has 198 valence electrons. The first-order valence-electron chi connectivity index (χ1n) is 10.6. The van der Waals surface area contributed by atoms with Gasteiger partial charge in [0.1, 0.15) is 12.4 Å². The molecule has 0 aliphatic heterocycles. The van der Waals surface area contributed by atoms with Crippen LogP contribution in [0.3, 0.4) is 0 Å². The molecule has 1 amide bonds. The standard InChI is InChI=1S/C24H20Cl2F4N2O3S2/c25-20-7-4-8-22(27)18(20)15-36-12-11-31-23(33)14-32(37(34,35)17-5-2-1-3-6-17)16-9-10-21(26)19(13-16)24(28,29)30/h1-10,13H,11-12,14-15H2,(H,31,33). The molecule has 0 saturated carbocycles. The van der Waals surface area contributed by atoms with Crippen molar-refractivity contribution in [2.75, 3.05) is 23.1 Å². The Morgan fingerprint density at radius 1 is 0.973 bits per heavy atom. The molecular weight excluding hydrogens is 575 g/mol. The van der Waals surface area contributed by atoms with Crippen LogP contribution in [0.25, 0.3) is 0 Å². The minimum absolute atomic E-state index is 0.100. The molecule has 5 nitrogen and oxygen atoms in total. The topological polar surface area (TPSA) is 66.5 Å². The van der Waals surface area contributed by atoms with E-state index in [0.29, 0.717) is 21.7 Å². The summed E-state index contributed by atoms with van der Waals surface area (Å²) in [5.74, 6) is -0.596. The van der Waals surface area contributed by atoms with E-state index < -0.39 is 45.1 Å². The van der Waals surface area contributed by atoms with Crippen molar-refractivity contribution in [3.63, 3.8) is 0 Å². The lowest BCUT2D eigenvalue weighted by atomic mass is 10.2. The lowest BCUT2D eigenvalue weighted by molar-refractivity contribution is -0.137. The molecule has 0 saturated heterocycles. The van der Waals surface area contributed by atoms with Crippen molar-refractivity contribution in [2.24, 2.45) is 0 Å². The zero-order chi connectivity index (χ0) is 27.2. The van der Waals surface area contributed by atoms with Gasteiger partial charge in [0.05, 0.1) is 21.2 Å². The normalized spacial score (nSPS) is 11.8. The highest BCUT2D eigenvalue weighted by atomic mass is 35.5. The van der Waals surface area contributed by atoms with Crippen molar-refractivity contribution in [3.05, 3.63) is 93.7 Å². The number of anilines is 1. The molecule has 1 N–H and O–H groups in total. The van der Waals surface area contributed by atoms with E-state index in [2.05, 4.69) is 5.32 Å². The molecule has 0 radical (unpaired) electrons. The van der Waals surface area contributed by atoms with Crippen LogP contribution in [0.1, 0.15) is 11.1 Å². The molecular formula is C24H20Cl2F4N2O3S2. The second-order valence-electron chi connectivity index (χ2n) is 7.59. The minimum atomic E-state index is -4.84. The fourth-order valence-corrected chi connectivity index (χ4v) is 6.07. The average molecular weight is 595 g/mol. The number of sulfonamides is 1. The maximum Gasteiger partial charge on any atom is 0.417 e. The van der Waals surface area contributed by atoms with E-state index in [0.717, 1.165) is 12.1 Å². The molecule has 3 aromatic carbocycles. The quantitative estimate of drug-likeness (QED) is 0.218. The number of hydrogen-bond donors (Lipinski definition) is 1. The van der Waals surface area contributed by atoms with Gasteiger partial charge in [0.25, 0.3) is 10.0 Å². The largest absolute Gasteiger partial charge is 0.417 e. The summed E-state index contributed by atoms with van der Waals surface area (Å²) >= 11 is 13.0. The molecule has 0 aliphatic rings. The van der Waals surface area contributed by atoms with Gasteiger partial charge in [0.15, 0.2) is 0 Å². The van der Waals surface area contributed by atoms with E-state index in [-0.39, 0.29) is 27.9 Å². The minimum Gasteiger partial charge on any atom is -0.354 e. The molecule has 0 heterocycles. The number of thioether (sulfide) groups is 1. The van der Waals surface area contributed by atoms with E-state index in [1.807, 2.05) is 0 Å². The van der Waals surface area contributed by atoms with Crippen molar-refractivity contribution >= 4 is 56.6 Å². The number of carbonyl (C=O) groups is 1. The van der Waals surface area contributed by atoms with Crippen molar-refractivity contribution in [3.8, 4) is 0 Å². The van der Waals surface area contributed by atoms with Gasteiger partial charge >= 0.3 is 6.18 Å². The Labute approximate surface area is 225 Å². The van der Waals surface area contributed by atoms with Crippen LogP contribution in [0.2, 0.25) is 10.0 Å². The Morgan fingerprint density at radius 2 is 1.68 bits per heavy atom. The fourth-order valence-electron chi connectivity index (χ4n) is 3.21. The van der Waals surface area contributed by atoms with Gasteiger partial charge in [-0.15, -0.1) is 0 Å². The monoisotopic (exact) mass is 594 g/mol. The van der Waals surface area contributed by atoms with Gasteiger partial charge < -0.3 is 5.32 Å². The van der Waals surface area contributed by atoms with Crippen LogP contribution >= 0.6 is 35.0 Å². The smallest absolute Gasteiger partial charge is 0.354 e. The average Bonchev–Trinajstić information content (AvgIpc) is 2.84. The summed E-state index contributed by atoms with van der Waals surface area (Å²) in [6.45, 7) is -0.677. The van der Waals surface area contributed by atoms with Crippen molar-refractivity contribution in [1.29, 1.82) is 0 Å². The van der Waals surface area contributed by atoms with Crippen LogP contribution in [0, 0.1) is 5.82 Å². The summed E-state index contributed by atoms with van der Waals surface area (Å²) in [4.78, 5) is 12.4. The van der Waals surface area contributed by atoms with Crippen LogP contribution in [0.4, 0.5) is 23.2 Å². The van der Waals surface area contributed by atoms with Crippen LogP contribution in [0.5, 0.6) is 0 Å². The van der Waals surface area contributed by atoms with Gasteiger partial charge in [0.2, 0.25) is 5.91 Å². The summed E-state index contributed by atoms with van der Waals surface area (Å²) in [5, 5.41) is 2.21. The maximum absolute atomic E-state index is 13.9. The number of benzene rings is 3. The second kappa shape index (κ2) is 12.4. The third kappa shape index (κ3) is 7.53. The number of amides is 1. The summed E-state index contributed by atoms with van der Waals surface area (Å²) in [6, 6.07) is 14.0. The van der Waals surface area contributed by atoms with E-state index in [1.165, 1.54) is 48.2 Å². The second-order valence-corrected chi connectivity index (χ2v) is 11.4. The summed E-state index contributed by atoms with van der Waals surface area (Å²) in [5.41, 5.74) is -1.29. The number of nitrogens with zero attached hydrogens (tertiary/aromatic N) is 1. The Bertz CT molecular complexity index is 1340. The third-order valence-corrected chi connectivity index (χ3v) is 8.50. The Balaban J connectivity index is 1.75. The maximum atomic E-state index is 13.9. The molecule has 3 aromatic rings. The van der Waals surface area contributed by atoms with E-state index >= 15 is 0 Å². The Hall–Kier alpha value is -2.47. The lowest BCUT2D eigenvalue weighted by Gasteiger charge is -2.25. The molecule has 37 heavy (non-hydrogen) atoms. The number of rotatable bonds is 10. The zero-order valence-electron chi connectivity index (χ0n) is 18.9. The number of nitrogens with one attached hydrogen (secondary N) is 1. The molecule has 0 unspecified atom stereocenters. The van der Waals surface area contributed by atoms with Gasteiger partial charge in [-0.05, 0) is 42.5 Å². The highest BCUT2D eigenvalue weighted by molar-refractivity contribution is 7.98. The highest BCUT2D eigenvalue weighted by Gasteiger charge is 2.35. The van der Waals surface area contributed by atoms with Gasteiger partial charge in [-0.25, -0.2) is 12.8 Å². The van der Waals surface area contributed by atoms with Gasteiger partial charge in [-0.2, -0.15) is 24.9 Å². The molecule has 0 atom stereocenters.